The zero-order valence-corrected chi connectivity index (χ0v) is 8.72. The molecule has 2 nitrogen and oxygen atoms in total. The van der Waals surface area contributed by atoms with Gasteiger partial charge in [0.1, 0.15) is 6.61 Å². The fourth-order valence-electron chi connectivity index (χ4n) is 1.09. The van der Waals surface area contributed by atoms with E-state index in [1.807, 2.05) is 0 Å². The molecule has 0 heterocycles. The Morgan fingerprint density at radius 2 is 2.00 bits per heavy atom. The highest BCUT2D eigenvalue weighted by Crippen LogP contribution is 2.14. The molecule has 1 atom stereocenters. The molecular formula is C10H18F3NO. The number of hydrogen-bond acceptors (Lipinski definition) is 2. The van der Waals surface area contributed by atoms with E-state index >= 15 is 0 Å². The first-order valence-corrected chi connectivity index (χ1v) is 4.96. The van der Waals surface area contributed by atoms with Crippen molar-refractivity contribution in [3.05, 3.63) is 12.7 Å². The van der Waals surface area contributed by atoms with E-state index in [0.717, 1.165) is 19.3 Å². The summed E-state index contributed by atoms with van der Waals surface area (Å²) in [6.07, 6.45) is 0.621. The predicted octanol–water partition coefficient (Wildman–Crippen LogP) is 2.64. The van der Waals surface area contributed by atoms with Crippen molar-refractivity contribution >= 4 is 0 Å². The largest absolute Gasteiger partial charge is 0.411 e. The lowest BCUT2D eigenvalue weighted by molar-refractivity contribution is -0.174. The van der Waals surface area contributed by atoms with Gasteiger partial charge in [-0.1, -0.05) is 6.08 Å². The molecule has 0 aromatic heterocycles. The van der Waals surface area contributed by atoms with Gasteiger partial charge >= 0.3 is 6.18 Å². The summed E-state index contributed by atoms with van der Waals surface area (Å²) in [7, 11) is 0. The summed E-state index contributed by atoms with van der Waals surface area (Å²) in [4.78, 5) is 0. The van der Waals surface area contributed by atoms with Crippen LogP contribution in [0.4, 0.5) is 13.2 Å². The smallest absolute Gasteiger partial charge is 0.372 e. The van der Waals surface area contributed by atoms with Gasteiger partial charge in [0.05, 0.1) is 0 Å². The van der Waals surface area contributed by atoms with E-state index in [2.05, 4.69) is 11.3 Å². The fourth-order valence-corrected chi connectivity index (χ4v) is 1.09. The first-order chi connectivity index (χ1) is 6.95. The van der Waals surface area contributed by atoms with Crippen LogP contribution in [0.25, 0.3) is 0 Å². The van der Waals surface area contributed by atoms with Crippen LogP contribution in [-0.2, 0) is 4.74 Å². The number of rotatable bonds is 8. The van der Waals surface area contributed by atoms with Crippen molar-refractivity contribution in [2.75, 3.05) is 13.2 Å². The lowest BCUT2D eigenvalue weighted by Gasteiger charge is -2.12. The van der Waals surface area contributed by atoms with E-state index in [1.54, 1.807) is 6.08 Å². The maximum atomic E-state index is 11.7. The zero-order chi connectivity index (χ0) is 11.7. The Balaban J connectivity index is 3.31. The van der Waals surface area contributed by atoms with E-state index in [4.69, 9.17) is 5.73 Å². The summed E-state index contributed by atoms with van der Waals surface area (Å²) in [5.74, 6) is 0. The van der Waals surface area contributed by atoms with Gasteiger partial charge in [-0.15, -0.1) is 6.58 Å². The average Bonchev–Trinajstić information content (AvgIpc) is 2.11. The molecule has 0 fully saturated rings. The van der Waals surface area contributed by atoms with E-state index < -0.39 is 12.8 Å². The Hall–Kier alpha value is -0.550. The minimum absolute atomic E-state index is 0.0643. The molecule has 90 valence electrons. The Morgan fingerprint density at radius 1 is 1.33 bits per heavy atom. The molecule has 0 saturated heterocycles. The van der Waals surface area contributed by atoms with Crippen LogP contribution < -0.4 is 5.73 Å². The molecule has 0 amide bonds. The zero-order valence-electron chi connectivity index (χ0n) is 8.72. The van der Waals surface area contributed by atoms with Crippen molar-refractivity contribution in [1.29, 1.82) is 0 Å². The Labute approximate surface area is 88.3 Å². The van der Waals surface area contributed by atoms with Crippen LogP contribution in [0.1, 0.15) is 25.7 Å². The molecule has 2 N–H and O–H groups in total. The van der Waals surface area contributed by atoms with Gasteiger partial charge in [-0.2, -0.15) is 13.2 Å². The molecule has 0 aliphatic carbocycles. The molecule has 0 aliphatic heterocycles. The molecular weight excluding hydrogens is 207 g/mol. The molecule has 0 aromatic carbocycles. The topological polar surface area (TPSA) is 35.2 Å². The second-order valence-electron chi connectivity index (χ2n) is 3.44. The fraction of sp³-hybridized carbons (Fsp3) is 0.800. The summed E-state index contributed by atoms with van der Waals surface area (Å²) in [5.41, 5.74) is 5.67. The lowest BCUT2D eigenvalue weighted by Crippen LogP contribution is -2.24. The molecule has 5 heteroatoms. The molecule has 0 rings (SSSR count). The molecule has 1 unspecified atom stereocenters. The third-order valence-electron chi connectivity index (χ3n) is 1.88. The monoisotopic (exact) mass is 225 g/mol. The number of unbranched alkanes of at least 4 members (excludes halogenated alkanes) is 1. The van der Waals surface area contributed by atoms with Gasteiger partial charge in [0.2, 0.25) is 0 Å². The van der Waals surface area contributed by atoms with Gasteiger partial charge in [-0.25, -0.2) is 0 Å². The van der Waals surface area contributed by atoms with Gasteiger partial charge in [0, 0.05) is 12.6 Å². The normalized spacial score (nSPS) is 13.9. The maximum absolute atomic E-state index is 11.7. The Morgan fingerprint density at radius 3 is 2.53 bits per heavy atom. The number of allylic oxidation sites excluding steroid dienone is 1. The summed E-state index contributed by atoms with van der Waals surface area (Å²) < 4.78 is 39.4. The molecule has 15 heavy (non-hydrogen) atoms. The van der Waals surface area contributed by atoms with Crippen LogP contribution in [0.15, 0.2) is 12.7 Å². The molecule has 0 aromatic rings. The van der Waals surface area contributed by atoms with Crippen LogP contribution in [0, 0.1) is 0 Å². The van der Waals surface area contributed by atoms with Crippen LogP contribution in [0.2, 0.25) is 0 Å². The van der Waals surface area contributed by atoms with Gasteiger partial charge in [-0.3, -0.25) is 0 Å². The van der Waals surface area contributed by atoms with Gasteiger partial charge in [0.25, 0.3) is 0 Å². The van der Waals surface area contributed by atoms with Crippen molar-refractivity contribution in [2.45, 2.75) is 37.9 Å². The van der Waals surface area contributed by atoms with Crippen LogP contribution in [0.3, 0.4) is 0 Å². The second kappa shape index (κ2) is 7.70. The van der Waals surface area contributed by atoms with Crippen molar-refractivity contribution in [2.24, 2.45) is 5.73 Å². The molecule has 0 aliphatic rings. The van der Waals surface area contributed by atoms with Crippen LogP contribution >= 0.6 is 0 Å². The first-order valence-electron chi connectivity index (χ1n) is 4.96. The average molecular weight is 225 g/mol. The van der Waals surface area contributed by atoms with E-state index in [0.29, 0.717) is 6.42 Å². The molecule has 0 bridgehead atoms. The highest BCUT2D eigenvalue weighted by Gasteiger charge is 2.27. The quantitative estimate of drug-likeness (QED) is 0.509. The lowest BCUT2D eigenvalue weighted by atomic mass is 10.1. The number of halogens is 3. The predicted molar refractivity (Wildman–Crippen MR) is 53.5 cm³/mol. The number of ether oxygens (including phenoxy) is 1. The van der Waals surface area contributed by atoms with Crippen molar-refractivity contribution in [1.82, 2.24) is 0 Å². The van der Waals surface area contributed by atoms with Gasteiger partial charge in [0.15, 0.2) is 0 Å². The van der Waals surface area contributed by atoms with E-state index in [-0.39, 0.29) is 12.6 Å². The molecule has 0 radical (unpaired) electrons. The number of alkyl halides is 3. The van der Waals surface area contributed by atoms with Crippen LogP contribution in [-0.4, -0.2) is 25.4 Å². The summed E-state index contributed by atoms with van der Waals surface area (Å²) in [6, 6.07) is -0.0850. The van der Waals surface area contributed by atoms with Gasteiger partial charge in [-0.05, 0) is 25.7 Å². The third-order valence-corrected chi connectivity index (χ3v) is 1.88. The Kier molecular flexibility index (Phi) is 7.42. The number of hydrogen-bond donors (Lipinski definition) is 1. The maximum Gasteiger partial charge on any atom is 0.411 e. The molecule has 0 saturated carbocycles. The number of nitrogens with two attached hydrogens (primary N) is 1. The van der Waals surface area contributed by atoms with Gasteiger partial charge < -0.3 is 10.5 Å². The summed E-state index contributed by atoms with van der Waals surface area (Å²) in [6.45, 7) is 2.45. The minimum atomic E-state index is -4.24. The Bertz CT molecular complexity index is 171. The first kappa shape index (κ1) is 14.5. The highest BCUT2D eigenvalue weighted by molar-refractivity contribution is 4.69. The van der Waals surface area contributed by atoms with Crippen LogP contribution in [0.5, 0.6) is 0 Å². The highest BCUT2D eigenvalue weighted by atomic mass is 19.4. The van der Waals surface area contributed by atoms with Crippen molar-refractivity contribution < 1.29 is 17.9 Å². The third kappa shape index (κ3) is 11.4. The SMILES string of the molecule is C=CCCCC(N)CCOCC(F)(F)F. The van der Waals surface area contributed by atoms with Crippen molar-refractivity contribution in [3.63, 3.8) is 0 Å². The minimum Gasteiger partial charge on any atom is -0.372 e. The molecule has 0 spiro atoms. The van der Waals surface area contributed by atoms with E-state index in [1.165, 1.54) is 0 Å². The standard InChI is InChI=1S/C10H18F3NO/c1-2-3-4-5-9(14)6-7-15-8-10(11,12)13/h2,9H,1,3-8,14H2. The second-order valence-corrected chi connectivity index (χ2v) is 3.44. The summed E-state index contributed by atoms with van der Waals surface area (Å²) >= 11 is 0. The summed E-state index contributed by atoms with van der Waals surface area (Å²) in [5, 5.41) is 0. The van der Waals surface area contributed by atoms with E-state index in [9.17, 15) is 13.2 Å². The van der Waals surface area contributed by atoms with Crippen molar-refractivity contribution in [3.8, 4) is 0 Å².